The lowest BCUT2D eigenvalue weighted by atomic mass is 10.1. The van der Waals surface area contributed by atoms with Crippen molar-refractivity contribution in [3.8, 4) is 0 Å². The molecule has 2 aliphatic rings. The third kappa shape index (κ3) is 4.66. The van der Waals surface area contributed by atoms with E-state index in [1.54, 1.807) is 47.6 Å². The van der Waals surface area contributed by atoms with Crippen LogP contribution in [-0.4, -0.2) is 65.8 Å². The second-order valence-electron chi connectivity index (χ2n) is 9.60. The number of aliphatic hydroxyl groups is 1. The summed E-state index contributed by atoms with van der Waals surface area (Å²) in [6.07, 6.45) is 0.599. The first-order valence-electron chi connectivity index (χ1n) is 11.4. The minimum absolute atomic E-state index is 0.0356. The van der Waals surface area contributed by atoms with E-state index in [2.05, 4.69) is 5.32 Å². The Morgan fingerprint density at radius 2 is 1.91 bits per heavy atom. The van der Waals surface area contributed by atoms with Crippen LogP contribution in [0.25, 0.3) is 0 Å². The summed E-state index contributed by atoms with van der Waals surface area (Å²) in [7, 11) is -1.36. The molecular formula is C24H31ClN4O4S. The van der Waals surface area contributed by atoms with Crippen molar-refractivity contribution >= 4 is 34.2 Å². The first kappa shape index (κ1) is 24.9. The van der Waals surface area contributed by atoms with Crippen molar-refractivity contribution < 1.29 is 18.9 Å². The van der Waals surface area contributed by atoms with Crippen LogP contribution in [0.3, 0.4) is 0 Å². The maximum absolute atomic E-state index is 13.4. The van der Waals surface area contributed by atoms with Crippen LogP contribution in [0.2, 0.25) is 5.02 Å². The first-order chi connectivity index (χ1) is 16.1. The number of hydrogen-bond donors (Lipinski definition) is 3. The lowest BCUT2D eigenvalue weighted by molar-refractivity contribution is 0.0698. The fourth-order valence-corrected chi connectivity index (χ4v) is 6.79. The normalized spacial score (nSPS) is 18.9. The minimum Gasteiger partial charge on any atom is -0.390 e. The van der Waals surface area contributed by atoms with Gasteiger partial charge in [-0.1, -0.05) is 23.7 Å². The molecule has 34 heavy (non-hydrogen) atoms. The van der Waals surface area contributed by atoms with E-state index in [0.29, 0.717) is 42.6 Å². The highest BCUT2D eigenvalue weighted by Gasteiger charge is 2.56. The van der Waals surface area contributed by atoms with Crippen molar-refractivity contribution in [1.82, 2.24) is 14.8 Å². The van der Waals surface area contributed by atoms with Crippen molar-refractivity contribution in [2.45, 2.75) is 55.4 Å². The van der Waals surface area contributed by atoms with Crippen LogP contribution in [0, 0.1) is 0 Å². The molecule has 0 spiro atoms. The number of carbonyl (C=O) groups is 2. The molecule has 4 N–H and O–H groups in total. The van der Waals surface area contributed by atoms with Crippen LogP contribution in [-0.2, 0) is 23.9 Å². The standard InChI is InChI=1S/C24H31ClN4O4S/c1-23(2,20(30)13-26)34(33)24(9-10-24)15-28-11-12-29-18(7-8-19(29)22(28)32)21(31)27-14-16-3-5-17(25)6-4-16/h3-8,20,30H,9-15,26H2,1-2H3,(H,27,31). The number of fused-ring (bicyclic) bond motifs is 1. The van der Waals surface area contributed by atoms with E-state index in [9.17, 15) is 18.9 Å². The number of rotatable bonds is 9. The van der Waals surface area contributed by atoms with E-state index in [-0.39, 0.29) is 18.4 Å². The van der Waals surface area contributed by atoms with Gasteiger partial charge in [-0.2, -0.15) is 0 Å². The fourth-order valence-electron chi connectivity index (χ4n) is 4.46. The summed E-state index contributed by atoms with van der Waals surface area (Å²) in [5, 5.41) is 13.8. The number of aliphatic hydroxyl groups excluding tert-OH is 1. The maximum atomic E-state index is 13.4. The molecule has 0 bridgehead atoms. The largest absolute Gasteiger partial charge is 0.390 e. The van der Waals surface area contributed by atoms with E-state index >= 15 is 0 Å². The zero-order valence-corrected chi connectivity index (χ0v) is 21.0. The van der Waals surface area contributed by atoms with Gasteiger partial charge in [-0.05, 0) is 56.5 Å². The molecule has 1 aromatic carbocycles. The molecule has 4 rings (SSSR count). The summed E-state index contributed by atoms with van der Waals surface area (Å²) in [4.78, 5) is 27.7. The number of carbonyl (C=O) groups excluding carboxylic acids is 2. The van der Waals surface area contributed by atoms with Crippen LogP contribution < -0.4 is 11.1 Å². The molecule has 2 heterocycles. The second-order valence-corrected chi connectivity index (χ2v) is 12.5. The Labute approximate surface area is 206 Å². The average molecular weight is 507 g/mol. The van der Waals surface area contributed by atoms with Gasteiger partial charge in [-0.25, -0.2) is 0 Å². The molecule has 2 unspecified atom stereocenters. The Bertz CT molecular complexity index is 1110. The molecule has 184 valence electrons. The Morgan fingerprint density at radius 1 is 1.24 bits per heavy atom. The Hall–Kier alpha value is -2.20. The Balaban J connectivity index is 1.43. The van der Waals surface area contributed by atoms with Gasteiger partial charge in [0.1, 0.15) is 11.4 Å². The summed E-state index contributed by atoms with van der Waals surface area (Å²) in [5.41, 5.74) is 7.43. The van der Waals surface area contributed by atoms with E-state index in [1.165, 1.54) is 0 Å². The van der Waals surface area contributed by atoms with Gasteiger partial charge < -0.3 is 25.6 Å². The molecule has 0 saturated heterocycles. The molecule has 8 nitrogen and oxygen atoms in total. The lowest BCUT2D eigenvalue weighted by Crippen LogP contribution is -2.53. The number of benzene rings is 1. The minimum atomic E-state index is -1.36. The predicted octanol–water partition coefficient (Wildman–Crippen LogP) is 1.91. The van der Waals surface area contributed by atoms with Gasteiger partial charge in [0.25, 0.3) is 11.8 Å². The van der Waals surface area contributed by atoms with Crippen LogP contribution >= 0.6 is 11.6 Å². The topological polar surface area (TPSA) is 118 Å². The highest BCUT2D eigenvalue weighted by Crippen LogP contribution is 2.47. The number of nitrogens with zero attached hydrogens (tertiary/aromatic N) is 2. The van der Waals surface area contributed by atoms with Gasteiger partial charge in [-0.3, -0.25) is 13.8 Å². The summed E-state index contributed by atoms with van der Waals surface area (Å²) in [6.45, 7) is 5.19. The number of hydrogen-bond acceptors (Lipinski definition) is 5. The van der Waals surface area contributed by atoms with Gasteiger partial charge >= 0.3 is 0 Å². The fraction of sp³-hybridized carbons (Fsp3) is 0.500. The molecule has 0 radical (unpaired) electrons. The van der Waals surface area contributed by atoms with Gasteiger partial charge in [0, 0.05) is 48.5 Å². The summed E-state index contributed by atoms with van der Waals surface area (Å²) in [5.74, 6) is -0.428. The van der Waals surface area contributed by atoms with Gasteiger partial charge in [0.2, 0.25) is 0 Å². The van der Waals surface area contributed by atoms with Gasteiger partial charge in [0.05, 0.1) is 15.6 Å². The van der Waals surface area contributed by atoms with Crippen molar-refractivity contribution in [1.29, 1.82) is 0 Å². The first-order valence-corrected chi connectivity index (χ1v) is 12.9. The number of nitrogens with two attached hydrogens (primary N) is 1. The van der Waals surface area contributed by atoms with Gasteiger partial charge in [-0.15, -0.1) is 0 Å². The van der Waals surface area contributed by atoms with Crippen LogP contribution in [0.15, 0.2) is 36.4 Å². The smallest absolute Gasteiger partial charge is 0.270 e. The summed E-state index contributed by atoms with van der Waals surface area (Å²) < 4.78 is 13.7. The van der Waals surface area contributed by atoms with Crippen molar-refractivity contribution in [3.05, 3.63) is 58.4 Å². The zero-order chi connectivity index (χ0) is 24.7. The number of amides is 2. The quantitative estimate of drug-likeness (QED) is 0.480. The van der Waals surface area contributed by atoms with Crippen molar-refractivity contribution in [2.75, 3.05) is 19.6 Å². The SMILES string of the molecule is CC(C)(C(O)CN)S(=O)C1(CN2CCn3c(C(=O)NCc4ccc(Cl)cc4)ccc3C2=O)CC1. The molecule has 1 aromatic heterocycles. The number of nitrogens with one attached hydrogen (secondary N) is 1. The molecule has 1 aliphatic heterocycles. The summed E-state index contributed by atoms with van der Waals surface area (Å²) >= 11 is 5.90. The monoisotopic (exact) mass is 506 g/mol. The lowest BCUT2D eigenvalue weighted by Gasteiger charge is -2.37. The van der Waals surface area contributed by atoms with Crippen molar-refractivity contribution in [2.24, 2.45) is 5.73 Å². The summed E-state index contributed by atoms with van der Waals surface area (Å²) in [6, 6.07) is 10.6. The van der Waals surface area contributed by atoms with E-state index < -0.39 is 26.4 Å². The predicted molar refractivity (Wildman–Crippen MR) is 132 cm³/mol. The third-order valence-electron chi connectivity index (χ3n) is 6.86. The van der Waals surface area contributed by atoms with E-state index in [4.69, 9.17) is 17.3 Å². The highest BCUT2D eigenvalue weighted by atomic mass is 35.5. The van der Waals surface area contributed by atoms with Crippen LogP contribution in [0.4, 0.5) is 0 Å². The molecule has 1 fully saturated rings. The Kier molecular flexibility index (Phi) is 6.92. The highest BCUT2D eigenvalue weighted by molar-refractivity contribution is 7.88. The van der Waals surface area contributed by atoms with E-state index in [0.717, 1.165) is 18.4 Å². The third-order valence-corrected chi connectivity index (χ3v) is 9.67. The van der Waals surface area contributed by atoms with Crippen LogP contribution in [0.5, 0.6) is 0 Å². The number of halogens is 1. The Morgan fingerprint density at radius 3 is 2.53 bits per heavy atom. The number of aromatic nitrogens is 1. The molecule has 2 aromatic rings. The maximum Gasteiger partial charge on any atom is 0.270 e. The molecule has 2 atom stereocenters. The average Bonchev–Trinajstić information content (AvgIpc) is 3.47. The van der Waals surface area contributed by atoms with Crippen molar-refractivity contribution in [3.63, 3.8) is 0 Å². The second kappa shape index (κ2) is 9.45. The molecule has 2 amide bonds. The molecule has 1 aliphatic carbocycles. The molecular weight excluding hydrogens is 476 g/mol. The van der Waals surface area contributed by atoms with E-state index in [1.807, 2.05) is 12.1 Å². The zero-order valence-electron chi connectivity index (χ0n) is 19.4. The van der Waals surface area contributed by atoms with Gasteiger partial charge in [0.15, 0.2) is 0 Å². The van der Waals surface area contributed by atoms with Crippen LogP contribution in [0.1, 0.15) is 53.2 Å². The molecule has 10 heteroatoms. The molecule has 1 saturated carbocycles.